The maximum Gasteiger partial charge on any atom is 0.411 e. The highest BCUT2D eigenvalue weighted by Crippen LogP contribution is 2.14. The summed E-state index contributed by atoms with van der Waals surface area (Å²) < 4.78 is 53.1. The van der Waals surface area contributed by atoms with Crippen molar-refractivity contribution in [3.8, 4) is 0 Å². The molecule has 0 spiro atoms. The summed E-state index contributed by atoms with van der Waals surface area (Å²) in [7, 11) is 0. The topological polar surface area (TPSA) is 64.3 Å². The van der Waals surface area contributed by atoms with E-state index in [1.54, 1.807) is 0 Å². The van der Waals surface area contributed by atoms with Gasteiger partial charge in [0.05, 0.1) is 0 Å². The van der Waals surface area contributed by atoms with Gasteiger partial charge in [0.1, 0.15) is 24.0 Å². The fourth-order valence-corrected chi connectivity index (χ4v) is 1.48. The van der Waals surface area contributed by atoms with Crippen LogP contribution in [0.5, 0.6) is 0 Å². The summed E-state index contributed by atoms with van der Waals surface area (Å²) in [5.74, 6) is -1.41. The molecular formula is C12H12F4N2O2S. The molecule has 116 valence electrons. The highest BCUT2D eigenvalue weighted by molar-refractivity contribution is 7.80. The number of hydrogen-bond acceptors (Lipinski definition) is 3. The standard InChI is InChI=1S/C12H12F4N2O2S/c13-9-3-7(11(17)21)1-2-8(9)4-18-10(19)5-20-6-12(14,15)16/h1-3H,4-6H2,(H2,17,21)(H,18,19). The lowest BCUT2D eigenvalue weighted by Gasteiger charge is -2.09. The molecule has 1 amide bonds. The lowest BCUT2D eigenvalue weighted by Crippen LogP contribution is -2.29. The number of halogens is 4. The fraction of sp³-hybridized carbons (Fsp3) is 0.333. The van der Waals surface area contributed by atoms with E-state index in [4.69, 9.17) is 5.73 Å². The molecule has 1 aromatic carbocycles. The number of amides is 1. The molecule has 0 fully saturated rings. The van der Waals surface area contributed by atoms with Crippen molar-refractivity contribution >= 4 is 23.1 Å². The van der Waals surface area contributed by atoms with Crippen molar-refractivity contribution in [1.82, 2.24) is 5.32 Å². The molecule has 3 N–H and O–H groups in total. The smallest absolute Gasteiger partial charge is 0.389 e. The predicted octanol–water partition coefficient (Wildman–Crippen LogP) is 1.65. The number of alkyl halides is 3. The molecule has 9 heteroatoms. The molecule has 1 rings (SSSR count). The fourth-order valence-electron chi connectivity index (χ4n) is 1.35. The number of carbonyl (C=O) groups excluding carboxylic acids is 1. The Bertz CT molecular complexity index is 534. The number of carbonyl (C=O) groups is 1. The van der Waals surface area contributed by atoms with E-state index in [0.29, 0.717) is 5.56 Å². The van der Waals surface area contributed by atoms with Crippen molar-refractivity contribution < 1.29 is 27.1 Å². The van der Waals surface area contributed by atoms with Crippen molar-refractivity contribution in [3.63, 3.8) is 0 Å². The SMILES string of the molecule is NC(=S)c1ccc(CNC(=O)COCC(F)(F)F)c(F)c1. The van der Waals surface area contributed by atoms with Crippen LogP contribution in [0.2, 0.25) is 0 Å². The van der Waals surface area contributed by atoms with E-state index >= 15 is 0 Å². The molecule has 0 aliphatic carbocycles. The summed E-state index contributed by atoms with van der Waals surface area (Å²) in [5, 5.41) is 2.24. The highest BCUT2D eigenvalue weighted by atomic mass is 32.1. The molecular weight excluding hydrogens is 312 g/mol. The van der Waals surface area contributed by atoms with E-state index in [9.17, 15) is 22.4 Å². The molecule has 4 nitrogen and oxygen atoms in total. The Kier molecular flexibility index (Phi) is 6.03. The maximum absolute atomic E-state index is 13.6. The van der Waals surface area contributed by atoms with Crippen LogP contribution in [0.15, 0.2) is 18.2 Å². The molecule has 0 unspecified atom stereocenters. The normalized spacial score (nSPS) is 11.2. The first kappa shape index (κ1) is 17.3. The third-order valence-corrected chi connectivity index (χ3v) is 2.55. The van der Waals surface area contributed by atoms with E-state index in [1.165, 1.54) is 12.1 Å². The molecule has 0 radical (unpaired) electrons. The zero-order valence-electron chi connectivity index (χ0n) is 10.7. The van der Waals surface area contributed by atoms with Gasteiger partial charge in [0, 0.05) is 17.7 Å². The third kappa shape index (κ3) is 6.50. The number of thiocarbonyl (C=S) groups is 1. The molecule has 0 heterocycles. The van der Waals surface area contributed by atoms with Gasteiger partial charge >= 0.3 is 6.18 Å². The molecule has 0 aromatic heterocycles. The van der Waals surface area contributed by atoms with Crippen LogP contribution in [-0.2, 0) is 16.1 Å². The van der Waals surface area contributed by atoms with Gasteiger partial charge in [-0.3, -0.25) is 4.79 Å². The number of nitrogens with one attached hydrogen (secondary N) is 1. The summed E-state index contributed by atoms with van der Waals surface area (Å²) in [6, 6.07) is 3.97. The zero-order valence-corrected chi connectivity index (χ0v) is 11.5. The van der Waals surface area contributed by atoms with Gasteiger partial charge < -0.3 is 15.8 Å². The van der Waals surface area contributed by atoms with E-state index < -0.39 is 31.1 Å². The second kappa shape index (κ2) is 7.32. The van der Waals surface area contributed by atoms with E-state index in [1.807, 2.05) is 0 Å². The first-order valence-electron chi connectivity index (χ1n) is 5.68. The summed E-state index contributed by atoms with van der Waals surface area (Å²) >= 11 is 4.68. The van der Waals surface area contributed by atoms with Crippen molar-refractivity contribution in [3.05, 3.63) is 35.1 Å². The van der Waals surface area contributed by atoms with Gasteiger partial charge in [-0.2, -0.15) is 13.2 Å². The van der Waals surface area contributed by atoms with E-state index in [-0.39, 0.29) is 17.1 Å². The first-order valence-corrected chi connectivity index (χ1v) is 6.09. The Morgan fingerprint density at radius 3 is 2.57 bits per heavy atom. The molecule has 21 heavy (non-hydrogen) atoms. The first-order chi connectivity index (χ1) is 9.69. The van der Waals surface area contributed by atoms with Crippen LogP contribution in [-0.4, -0.2) is 30.3 Å². The minimum absolute atomic E-state index is 0.0324. The maximum atomic E-state index is 13.6. The van der Waals surface area contributed by atoms with Crippen LogP contribution < -0.4 is 11.1 Å². The second-order valence-electron chi connectivity index (χ2n) is 4.06. The summed E-state index contributed by atoms with van der Waals surface area (Å²) in [4.78, 5) is 11.3. The molecule has 0 saturated carbocycles. The summed E-state index contributed by atoms with van der Waals surface area (Å²) in [6.45, 7) is -2.46. The Hall–Kier alpha value is -1.74. The van der Waals surface area contributed by atoms with Gasteiger partial charge in [0.2, 0.25) is 5.91 Å². The van der Waals surface area contributed by atoms with Gasteiger partial charge in [-0.15, -0.1) is 0 Å². The summed E-state index contributed by atoms with van der Waals surface area (Å²) in [6.07, 6.45) is -4.50. The number of ether oxygens (including phenoxy) is 1. The van der Waals surface area contributed by atoms with Crippen LogP contribution in [0.1, 0.15) is 11.1 Å². The molecule has 0 aliphatic heterocycles. The Balaban J connectivity index is 2.45. The van der Waals surface area contributed by atoms with Gasteiger partial charge in [-0.05, 0) is 6.07 Å². The molecule has 0 bridgehead atoms. The number of hydrogen-bond donors (Lipinski definition) is 2. The summed E-state index contributed by atoms with van der Waals surface area (Å²) in [5.41, 5.74) is 5.82. The van der Waals surface area contributed by atoms with E-state index in [0.717, 1.165) is 6.07 Å². The van der Waals surface area contributed by atoms with E-state index in [2.05, 4.69) is 22.3 Å². The highest BCUT2D eigenvalue weighted by Gasteiger charge is 2.27. The third-order valence-electron chi connectivity index (χ3n) is 2.31. The second-order valence-corrected chi connectivity index (χ2v) is 4.49. The Morgan fingerprint density at radius 1 is 1.38 bits per heavy atom. The van der Waals surface area contributed by atoms with Crippen LogP contribution in [0.3, 0.4) is 0 Å². The number of rotatable bonds is 6. The van der Waals surface area contributed by atoms with Crippen molar-refractivity contribution in [2.75, 3.05) is 13.2 Å². The monoisotopic (exact) mass is 324 g/mol. The predicted molar refractivity (Wildman–Crippen MR) is 71.0 cm³/mol. The molecule has 0 atom stereocenters. The van der Waals surface area contributed by atoms with Crippen molar-refractivity contribution in [2.45, 2.75) is 12.7 Å². The van der Waals surface area contributed by atoms with Crippen molar-refractivity contribution in [1.29, 1.82) is 0 Å². The Labute approximate surface area is 123 Å². The lowest BCUT2D eigenvalue weighted by atomic mass is 10.1. The average Bonchev–Trinajstić information content (AvgIpc) is 2.35. The van der Waals surface area contributed by atoms with Gasteiger partial charge in [-0.1, -0.05) is 24.4 Å². The van der Waals surface area contributed by atoms with Crippen LogP contribution in [0, 0.1) is 5.82 Å². The van der Waals surface area contributed by atoms with Gasteiger partial charge in [0.15, 0.2) is 0 Å². The minimum atomic E-state index is -4.50. The number of nitrogens with two attached hydrogens (primary N) is 1. The van der Waals surface area contributed by atoms with Crippen LogP contribution in [0.4, 0.5) is 17.6 Å². The molecule has 1 aromatic rings. The largest absolute Gasteiger partial charge is 0.411 e. The molecule has 0 aliphatic rings. The minimum Gasteiger partial charge on any atom is -0.389 e. The van der Waals surface area contributed by atoms with Gasteiger partial charge in [0.25, 0.3) is 0 Å². The average molecular weight is 324 g/mol. The lowest BCUT2D eigenvalue weighted by molar-refractivity contribution is -0.175. The van der Waals surface area contributed by atoms with Gasteiger partial charge in [-0.25, -0.2) is 4.39 Å². The zero-order chi connectivity index (χ0) is 16.0. The Morgan fingerprint density at radius 2 is 2.05 bits per heavy atom. The van der Waals surface area contributed by atoms with Crippen LogP contribution in [0.25, 0.3) is 0 Å². The van der Waals surface area contributed by atoms with Crippen molar-refractivity contribution in [2.24, 2.45) is 5.73 Å². The van der Waals surface area contributed by atoms with Crippen LogP contribution >= 0.6 is 12.2 Å². The molecule has 0 saturated heterocycles. The quantitative estimate of drug-likeness (QED) is 0.617. The number of benzene rings is 1.